The maximum absolute atomic E-state index is 14.3. The summed E-state index contributed by atoms with van der Waals surface area (Å²) in [5.74, 6) is -0.843. The molecule has 0 atom stereocenters. The zero-order valence-electron chi connectivity index (χ0n) is 17.8. The summed E-state index contributed by atoms with van der Waals surface area (Å²) in [5, 5.41) is 8.60. The first-order chi connectivity index (χ1) is 15.9. The highest BCUT2D eigenvalue weighted by Crippen LogP contribution is 2.30. The van der Waals surface area contributed by atoms with Gasteiger partial charge < -0.3 is 20.7 Å². The van der Waals surface area contributed by atoms with E-state index in [1.165, 1.54) is 30.3 Å². The molecule has 0 unspecified atom stereocenters. The van der Waals surface area contributed by atoms with E-state index in [-0.39, 0.29) is 34.6 Å². The van der Waals surface area contributed by atoms with E-state index in [4.69, 9.17) is 16.3 Å². The van der Waals surface area contributed by atoms with Gasteiger partial charge in [0.25, 0.3) is 5.91 Å². The van der Waals surface area contributed by atoms with Crippen molar-refractivity contribution in [2.24, 2.45) is 0 Å². The maximum Gasteiger partial charge on any atom is 0.414 e. The summed E-state index contributed by atoms with van der Waals surface area (Å²) in [7, 11) is 3.07. The number of ether oxygens (including phenoxy) is 1. The van der Waals surface area contributed by atoms with Crippen LogP contribution < -0.4 is 20.9 Å². The van der Waals surface area contributed by atoms with Crippen LogP contribution in [-0.4, -0.2) is 42.7 Å². The molecule has 1 aromatic heterocycles. The van der Waals surface area contributed by atoms with E-state index < -0.39 is 17.8 Å². The van der Waals surface area contributed by atoms with Crippen molar-refractivity contribution in [2.45, 2.75) is 6.42 Å². The van der Waals surface area contributed by atoms with E-state index in [2.05, 4.69) is 25.9 Å². The van der Waals surface area contributed by atoms with Gasteiger partial charge in [0.15, 0.2) is 5.82 Å². The predicted octanol–water partition coefficient (Wildman–Crippen LogP) is 4.24. The van der Waals surface area contributed by atoms with Gasteiger partial charge in [-0.15, -0.1) is 0 Å². The minimum absolute atomic E-state index is 0.157. The highest BCUT2D eigenvalue weighted by molar-refractivity contribution is 6.33. The van der Waals surface area contributed by atoms with Gasteiger partial charge >= 0.3 is 6.09 Å². The third-order valence-electron chi connectivity index (χ3n) is 5.03. The summed E-state index contributed by atoms with van der Waals surface area (Å²) < 4.78 is 19.4. The molecule has 4 rings (SSSR count). The highest BCUT2D eigenvalue weighted by Gasteiger charge is 2.21. The second-order valence-corrected chi connectivity index (χ2v) is 7.56. The largest absolute Gasteiger partial charge is 0.449 e. The van der Waals surface area contributed by atoms with Crippen molar-refractivity contribution in [2.75, 3.05) is 36.2 Å². The molecule has 2 amide bonds. The Morgan fingerprint density at radius 3 is 2.85 bits per heavy atom. The third kappa shape index (κ3) is 4.65. The Morgan fingerprint density at radius 2 is 2.06 bits per heavy atom. The zero-order valence-corrected chi connectivity index (χ0v) is 18.5. The number of benzene rings is 2. The zero-order chi connectivity index (χ0) is 23.5. The molecule has 11 heteroatoms. The highest BCUT2D eigenvalue weighted by atomic mass is 35.5. The standard InChI is InChI=1S/C22H20ClFN6O3/c1-25-20(31)18-15(24)4-3-5-16(18)28-19-14(23)11-26-21(29-19)27-13-6-7-17-12(10-13)8-9-33-22(32)30(17)2/h3-7,10-11H,8-9H2,1-2H3,(H,25,31)(H2,26,27,28,29). The van der Waals surface area contributed by atoms with Crippen molar-refractivity contribution in [1.29, 1.82) is 0 Å². The van der Waals surface area contributed by atoms with Crippen LogP contribution in [0.2, 0.25) is 5.02 Å². The first kappa shape index (κ1) is 22.3. The number of fused-ring (bicyclic) bond motifs is 1. The van der Waals surface area contributed by atoms with Gasteiger partial charge in [0, 0.05) is 26.2 Å². The predicted molar refractivity (Wildman–Crippen MR) is 123 cm³/mol. The number of nitrogens with one attached hydrogen (secondary N) is 3. The van der Waals surface area contributed by atoms with Gasteiger partial charge in [0.2, 0.25) is 5.95 Å². The normalized spacial score (nSPS) is 13.0. The van der Waals surface area contributed by atoms with Gasteiger partial charge in [-0.05, 0) is 35.9 Å². The van der Waals surface area contributed by atoms with Crippen LogP contribution in [0.15, 0.2) is 42.6 Å². The van der Waals surface area contributed by atoms with Crippen LogP contribution in [-0.2, 0) is 11.2 Å². The molecule has 1 aliphatic heterocycles. The monoisotopic (exact) mass is 470 g/mol. The molecule has 9 nitrogen and oxygen atoms in total. The van der Waals surface area contributed by atoms with Crippen LogP contribution in [0.4, 0.5) is 38.0 Å². The van der Waals surface area contributed by atoms with Crippen LogP contribution in [0.1, 0.15) is 15.9 Å². The van der Waals surface area contributed by atoms with Gasteiger partial charge in [-0.3, -0.25) is 9.69 Å². The summed E-state index contributed by atoms with van der Waals surface area (Å²) in [6.45, 7) is 0.284. The summed E-state index contributed by atoms with van der Waals surface area (Å²) in [6, 6.07) is 9.69. The molecule has 170 valence electrons. The van der Waals surface area contributed by atoms with Gasteiger partial charge in [-0.1, -0.05) is 17.7 Å². The van der Waals surface area contributed by atoms with Crippen LogP contribution >= 0.6 is 11.6 Å². The third-order valence-corrected chi connectivity index (χ3v) is 5.31. The van der Waals surface area contributed by atoms with E-state index in [1.807, 2.05) is 12.1 Å². The van der Waals surface area contributed by atoms with Crippen LogP contribution in [0.25, 0.3) is 0 Å². The molecule has 1 aliphatic rings. The second-order valence-electron chi connectivity index (χ2n) is 7.15. The molecule has 0 radical (unpaired) electrons. The van der Waals surface area contributed by atoms with Crippen molar-refractivity contribution in [3.63, 3.8) is 0 Å². The van der Waals surface area contributed by atoms with E-state index in [0.717, 1.165) is 11.3 Å². The number of hydrogen-bond acceptors (Lipinski definition) is 7. The Morgan fingerprint density at radius 1 is 1.24 bits per heavy atom. The lowest BCUT2D eigenvalue weighted by Crippen LogP contribution is -2.25. The van der Waals surface area contributed by atoms with E-state index in [9.17, 15) is 14.0 Å². The van der Waals surface area contributed by atoms with Crippen molar-refractivity contribution < 1.29 is 18.7 Å². The van der Waals surface area contributed by atoms with E-state index in [0.29, 0.717) is 12.1 Å². The number of halogens is 2. The average molecular weight is 471 g/mol. The maximum atomic E-state index is 14.3. The topological polar surface area (TPSA) is 108 Å². The number of hydrogen-bond donors (Lipinski definition) is 3. The molecule has 0 bridgehead atoms. The first-order valence-corrected chi connectivity index (χ1v) is 10.4. The summed E-state index contributed by atoms with van der Waals surface area (Å²) in [4.78, 5) is 34.0. The first-order valence-electron chi connectivity index (χ1n) is 9.98. The van der Waals surface area contributed by atoms with Gasteiger partial charge in [0.1, 0.15) is 10.8 Å². The minimum Gasteiger partial charge on any atom is -0.449 e. The Balaban J connectivity index is 1.61. The van der Waals surface area contributed by atoms with Gasteiger partial charge in [-0.25, -0.2) is 14.2 Å². The minimum atomic E-state index is -0.680. The Labute approximate surface area is 193 Å². The number of carbonyl (C=O) groups is 2. The number of nitrogens with zero attached hydrogens (tertiary/aromatic N) is 3. The molecule has 0 aliphatic carbocycles. The molecule has 2 aromatic carbocycles. The van der Waals surface area contributed by atoms with E-state index >= 15 is 0 Å². The Bertz CT molecular complexity index is 1240. The second kappa shape index (κ2) is 9.29. The SMILES string of the molecule is CNC(=O)c1c(F)cccc1Nc1nc(Nc2ccc3c(c2)CCOC(=O)N3C)ncc1Cl. The number of carbonyl (C=O) groups excluding carboxylic acids is 2. The molecule has 0 spiro atoms. The summed E-state index contributed by atoms with van der Waals surface area (Å²) >= 11 is 6.24. The molecule has 33 heavy (non-hydrogen) atoms. The number of cyclic esters (lactones) is 1. The van der Waals surface area contributed by atoms with Crippen LogP contribution in [0.5, 0.6) is 0 Å². The lowest BCUT2D eigenvalue weighted by atomic mass is 10.1. The number of anilines is 5. The van der Waals surface area contributed by atoms with Crippen molar-refractivity contribution in [1.82, 2.24) is 15.3 Å². The Hall–Kier alpha value is -3.92. The van der Waals surface area contributed by atoms with E-state index in [1.54, 1.807) is 19.2 Å². The molecular formula is C22H20ClFN6O3. The molecular weight excluding hydrogens is 451 g/mol. The molecule has 3 N–H and O–H groups in total. The van der Waals surface area contributed by atoms with Crippen molar-refractivity contribution >= 4 is 52.4 Å². The molecule has 2 heterocycles. The lowest BCUT2D eigenvalue weighted by Gasteiger charge is -2.17. The van der Waals surface area contributed by atoms with Crippen LogP contribution in [0, 0.1) is 5.82 Å². The fourth-order valence-electron chi connectivity index (χ4n) is 3.39. The molecule has 0 fully saturated rings. The fraction of sp³-hybridized carbons (Fsp3) is 0.182. The molecule has 3 aromatic rings. The van der Waals surface area contributed by atoms with Crippen LogP contribution in [0.3, 0.4) is 0 Å². The van der Waals surface area contributed by atoms with Gasteiger partial charge in [0.05, 0.1) is 29.7 Å². The van der Waals surface area contributed by atoms with Crippen molar-refractivity contribution in [3.05, 3.63) is 64.6 Å². The fourth-order valence-corrected chi connectivity index (χ4v) is 3.53. The number of aromatic nitrogens is 2. The smallest absolute Gasteiger partial charge is 0.414 e. The quantitative estimate of drug-likeness (QED) is 0.511. The number of amides is 2. The van der Waals surface area contributed by atoms with Gasteiger partial charge in [-0.2, -0.15) is 4.98 Å². The molecule has 0 saturated heterocycles. The van der Waals surface area contributed by atoms with Crippen molar-refractivity contribution in [3.8, 4) is 0 Å². The number of rotatable bonds is 5. The summed E-state index contributed by atoms with van der Waals surface area (Å²) in [6.07, 6.45) is 1.55. The Kier molecular flexibility index (Phi) is 6.27. The summed E-state index contributed by atoms with van der Waals surface area (Å²) in [5.41, 5.74) is 2.43. The lowest BCUT2D eigenvalue weighted by molar-refractivity contribution is 0.0960. The molecule has 0 saturated carbocycles. The average Bonchev–Trinajstić information content (AvgIpc) is 2.94.